The van der Waals surface area contributed by atoms with Crippen molar-refractivity contribution in [2.75, 3.05) is 11.0 Å². The first-order valence-electron chi connectivity index (χ1n) is 9.14. The maximum absolute atomic E-state index is 11.0. The number of hydrogen-bond donors (Lipinski definition) is 1. The van der Waals surface area contributed by atoms with Gasteiger partial charge in [0.1, 0.15) is 0 Å². The summed E-state index contributed by atoms with van der Waals surface area (Å²) in [4.78, 5) is 11.0. The molecular formula is C18H36INO. The lowest BCUT2D eigenvalue weighted by atomic mass is 10.0. The Hall–Kier alpha value is 0.200. The molecule has 0 bridgehead atoms. The van der Waals surface area contributed by atoms with Crippen LogP contribution in [0, 0.1) is 0 Å². The van der Waals surface area contributed by atoms with Gasteiger partial charge in [0.15, 0.2) is 0 Å². The average Bonchev–Trinajstić information content (AvgIpc) is 2.50. The van der Waals surface area contributed by atoms with Gasteiger partial charge in [-0.2, -0.15) is 0 Å². The van der Waals surface area contributed by atoms with Gasteiger partial charge in [0.2, 0.25) is 5.91 Å². The first-order valence-corrected chi connectivity index (χ1v) is 10.7. The third kappa shape index (κ3) is 18.2. The van der Waals surface area contributed by atoms with E-state index in [2.05, 4.69) is 34.8 Å². The zero-order chi connectivity index (χ0) is 15.6. The number of unbranched alkanes of at least 4 members (excludes halogenated alkanes) is 13. The minimum atomic E-state index is 0.172. The molecule has 0 spiro atoms. The highest BCUT2D eigenvalue weighted by atomic mass is 127. The summed E-state index contributed by atoms with van der Waals surface area (Å²) < 4.78 is 0.580. The topological polar surface area (TPSA) is 29.1 Å². The van der Waals surface area contributed by atoms with Crippen LogP contribution in [0.1, 0.15) is 96.8 Å². The maximum Gasteiger partial charge on any atom is 0.229 e. The number of carbonyl (C=O) groups excluding carboxylic acids is 1. The standard InChI is InChI=1S/C18H36INO/c1-2-3-4-5-6-7-8-9-10-11-12-13-14-15-16-20-18(21)17-19/h2-17H2,1H3,(H,20,21). The van der Waals surface area contributed by atoms with E-state index in [0.717, 1.165) is 13.0 Å². The Labute approximate surface area is 146 Å². The second kappa shape index (κ2) is 18.2. The van der Waals surface area contributed by atoms with E-state index in [-0.39, 0.29) is 5.91 Å². The molecule has 0 aromatic rings. The van der Waals surface area contributed by atoms with Crippen LogP contribution in [0.4, 0.5) is 0 Å². The maximum atomic E-state index is 11.0. The lowest BCUT2D eigenvalue weighted by Crippen LogP contribution is -2.25. The van der Waals surface area contributed by atoms with E-state index in [1.165, 1.54) is 83.5 Å². The molecule has 0 saturated carbocycles. The summed E-state index contributed by atoms with van der Waals surface area (Å²) in [5, 5.41) is 2.93. The van der Waals surface area contributed by atoms with E-state index in [4.69, 9.17) is 0 Å². The molecule has 1 N–H and O–H groups in total. The minimum absolute atomic E-state index is 0.172. The smallest absolute Gasteiger partial charge is 0.229 e. The molecule has 0 aromatic carbocycles. The van der Waals surface area contributed by atoms with Crippen LogP contribution in [0.25, 0.3) is 0 Å². The van der Waals surface area contributed by atoms with Gasteiger partial charge in [-0.1, -0.05) is 113 Å². The van der Waals surface area contributed by atoms with Crippen molar-refractivity contribution in [1.29, 1.82) is 0 Å². The van der Waals surface area contributed by atoms with Crippen molar-refractivity contribution < 1.29 is 4.79 Å². The highest BCUT2D eigenvalue weighted by Gasteiger charge is 1.96. The molecule has 21 heavy (non-hydrogen) atoms. The Balaban J connectivity index is 2.98. The van der Waals surface area contributed by atoms with Crippen molar-refractivity contribution in [3.05, 3.63) is 0 Å². The number of amides is 1. The fraction of sp³-hybridized carbons (Fsp3) is 0.944. The number of carbonyl (C=O) groups is 1. The number of alkyl halides is 1. The number of halogens is 1. The molecule has 0 aromatic heterocycles. The lowest BCUT2D eigenvalue weighted by molar-refractivity contribution is -0.118. The second-order valence-corrected chi connectivity index (χ2v) is 6.84. The molecule has 0 saturated heterocycles. The molecule has 0 aliphatic carbocycles. The van der Waals surface area contributed by atoms with E-state index in [1.807, 2.05) is 0 Å². The van der Waals surface area contributed by atoms with Crippen molar-refractivity contribution in [3.63, 3.8) is 0 Å². The molecule has 0 heterocycles. The van der Waals surface area contributed by atoms with Crippen molar-refractivity contribution in [2.45, 2.75) is 96.8 Å². The summed E-state index contributed by atoms with van der Waals surface area (Å²) in [5.74, 6) is 0.172. The molecular weight excluding hydrogens is 373 g/mol. The Morgan fingerprint density at radius 3 is 1.48 bits per heavy atom. The van der Waals surface area contributed by atoms with Gasteiger partial charge in [-0.25, -0.2) is 0 Å². The number of nitrogens with one attached hydrogen (secondary N) is 1. The lowest BCUT2D eigenvalue weighted by Gasteiger charge is -2.04. The molecule has 2 nitrogen and oxygen atoms in total. The van der Waals surface area contributed by atoms with E-state index < -0.39 is 0 Å². The van der Waals surface area contributed by atoms with E-state index in [9.17, 15) is 4.79 Å². The van der Waals surface area contributed by atoms with Gasteiger partial charge >= 0.3 is 0 Å². The normalized spacial score (nSPS) is 10.8. The molecule has 0 radical (unpaired) electrons. The number of hydrogen-bond acceptors (Lipinski definition) is 1. The molecule has 0 aliphatic rings. The van der Waals surface area contributed by atoms with Crippen LogP contribution in [0.5, 0.6) is 0 Å². The van der Waals surface area contributed by atoms with Gasteiger partial charge in [-0.05, 0) is 6.42 Å². The third-order valence-corrected chi connectivity index (χ3v) is 4.67. The Bertz CT molecular complexity index is 221. The molecule has 3 heteroatoms. The zero-order valence-corrected chi connectivity index (χ0v) is 16.3. The van der Waals surface area contributed by atoms with E-state index in [0.29, 0.717) is 4.43 Å². The fourth-order valence-corrected chi connectivity index (χ4v) is 2.86. The van der Waals surface area contributed by atoms with Gasteiger partial charge in [-0.15, -0.1) is 0 Å². The summed E-state index contributed by atoms with van der Waals surface area (Å²) in [7, 11) is 0. The third-order valence-electron chi connectivity index (χ3n) is 3.97. The Kier molecular flexibility index (Phi) is 18.4. The minimum Gasteiger partial charge on any atom is -0.355 e. The van der Waals surface area contributed by atoms with Crippen LogP contribution in [0.2, 0.25) is 0 Å². The predicted molar refractivity (Wildman–Crippen MR) is 102 cm³/mol. The predicted octanol–water partition coefficient (Wildman–Crippen LogP) is 6.02. The summed E-state index contributed by atoms with van der Waals surface area (Å²) in [6.07, 6.45) is 19.3. The van der Waals surface area contributed by atoms with Gasteiger partial charge < -0.3 is 5.32 Å². The second-order valence-electron chi connectivity index (χ2n) is 6.08. The van der Waals surface area contributed by atoms with E-state index in [1.54, 1.807) is 0 Å². The van der Waals surface area contributed by atoms with Gasteiger partial charge in [-0.3, -0.25) is 4.79 Å². The number of rotatable bonds is 16. The van der Waals surface area contributed by atoms with Crippen LogP contribution < -0.4 is 5.32 Å². The fourth-order valence-electron chi connectivity index (χ4n) is 2.59. The molecule has 0 atom stereocenters. The van der Waals surface area contributed by atoms with E-state index >= 15 is 0 Å². The highest BCUT2D eigenvalue weighted by molar-refractivity contribution is 14.1. The monoisotopic (exact) mass is 409 g/mol. The summed E-state index contributed by atoms with van der Waals surface area (Å²) in [6, 6.07) is 0. The molecule has 126 valence electrons. The van der Waals surface area contributed by atoms with Gasteiger partial charge in [0.25, 0.3) is 0 Å². The summed E-state index contributed by atoms with van der Waals surface area (Å²) in [5.41, 5.74) is 0. The summed E-state index contributed by atoms with van der Waals surface area (Å²) in [6.45, 7) is 3.14. The van der Waals surface area contributed by atoms with Crippen LogP contribution in [-0.4, -0.2) is 16.9 Å². The Morgan fingerprint density at radius 1 is 0.714 bits per heavy atom. The van der Waals surface area contributed by atoms with Gasteiger partial charge in [0.05, 0.1) is 4.43 Å². The largest absolute Gasteiger partial charge is 0.355 e. The van der Waals surface area contributed by atoms with Gasteiger partial charge in [0, 0.05) is 6.54 Å². The first kappa shape index (κ1) is 21.2. The van der Waals surface area contributed by atoms with Crippen molar-refractivity contribution in [2.24, 2.45) is 0 Å². The molecule has 0 unspecified atom stereocenters. The van der Waals surface area contributed by atoms with Crippen LogP contribution in [0.15, 0.2) is 0 Å². The quantitative estimate of drug-likeness (QED) is 0.189. The van der Waals surface area contributed by atoms with Crippen LogP contribution in [-0.2, 0) is 4.79 Å². The molecule has 0 fully saturated rings. The summed E-state index contributed by atoms with van der Waals surface area (Å²) >= 11 is 2.10. The van der Waals surface area contributed by atoms with Crippen molar-refractivity contribution in [3.8, 4) is 0 Å². The molecule has 1 amide bonds. The van der Waals surface area contributed by atoms with Crippen molar-refractivity contribution in [1.82, 2.24) is 5.32 Å². The average molecular weight is 409 g/mol. The van der Waals surface area contributed by atoms with Crippen molar-refractivity contribution >= 4 is 28.5 Å². The Morgan fingerprint density at radius 2 is 1.10 bits per heavy atom. The zero-order valence-electron chi connectivity index (χ0n) is 14.1. The van der Waals surface area contributed by atoms with Crippen LogP contribution in [0.3, 0.4) is 0 Å². The molecule has 0 rings (SSSR count). The first-order chi connectivity index (χ1) is 10.3. The highest BCUT2D eigenvalue weighted by Crippen LogP contribution is 2.12. The van der Waals surface area contributed by atoms with Crippen LogP contribution >= 0.6 is 22.6 Å². The SMILES string of the molecule is CCCCCCCCCCCCCCCCNC(=O)CI. The molecule has 0 aliphatic heterocycles.